The first-order chi connectivity index (χ1) is 7.47. The van der Waals surface area contributed by atoms with Crippen molar-refractivity contribution in [3.63, 3.8) is 0 Å². The van der Waals surface area contributed by atoms with Gasteiger partial charge in [-0.15, -0.1) is 0 Å². The van der Waals surface area contributed by atoms with E-state index >= 15 is 0 Å². The number of nitrogens with one attached hydrogen (secondary N) is 1. The molecular formula is C11H20BrNO3. The third-order valence-electron chi connectivity index (χ3n) is 2.61. The first-order valence-electron chi connectivity index (χ1n) is 5.50. The van der Waals surface area contributed by atoms with Gasteiger partial charge in [0.05, 0.1) is 11.9 Å². The Balaban J connectivity index is 4.55. The van der Waals surface area contributed by atoms with Gasteiger partial charge in [-0.1, -0.05) is 43.1 Å². The Bertz CT molecular complexity index is 245. The Kier molecular flexibility index (Phi) is 7.38. The van der Waals surface area contributed by atoms with E-state index in [0.29, 0.717) is 6.42 Å². The van der Waals surface area contributed by atoms with Crippen molar-refractivity contribution in [1.82, 2.24) is 5.32 Å². The molecule has 0 heterocycles. The molecule has 3 atom stereocenters. The van der Waals surface area contributed by atoms with Gasteiger partial charge in [0.15, 0.2) is 0 Å². The average molecular weight is 294 g/mol. The van der Waals surface area contributed by atoms with Gasteiger partial charge in [-0.25, -0.2) is 4.79 Å². The molecule has 16 heavy (non-hydrogen) atoms. The molecule has 0 aromatic heterocycles. The highest BCUT2D eigenvalue weighted by molar-refractivity contribution is 9.10. The van der Waals surface area contributed by atoms with Crippen LogP contribution in [-0.4, -0.2) is 29.9 Å². The molecule has 0 radical (unpaired) electrons. The van der Waals surface area contributed by atoms with Crippen LogP contribution in [0.4, 0.5) is 0 Å². The van der Waals surface area contributed by atoms with Crippen LogP contribution in [0.1, 0.15) is 33.6 Å². The van der Waals surface area contributed by atoms with Crippen LogP contribution in [0.15, 0.2) is 0 Å². The summed E-state index contributed by atoms with van der Waals surface area (Å²) in [6, 6.07) is -0.561. The quantitative estimate of drug-likeness (QED) is 0.601. The van der Waals surface area contributed by atoms with Gasteiger partial charge in [-0.05, 0) is 12.3 Å². The lowest BCUT2D eigenvalue weighted by molar-refractivity contribution is -0.146. The van der Waals surface area contributed by atoms with E-state index in [-0.39, 0.29) is 16.7 Å². The normalized spacial score (nSPS) is 16.1. The summed E-state index contributed by atoms with van der Waals surface area (Å²) >= 11 is 3.25. The maximum atomic E-state index is 11.7. The molecule has 0 aliphatic heterocycles. The number of alkyl halides is 1. The maximum Gasteiger partial charge on any atom is 0.328 e. The maximum absolute atomic E-state index is 11.7. The zero-order valence-corrected chi connectivity index (χ0v) is 11.8. The molecule has 0 aromatic carbocycles. The SMILES string of the molecule is CCC(Br)C(=O)NC(C(=O)OC)C(C)CC. The molecule has 1 amide bonds. The predicted molar refractivity (Wildman–Crippen MR) is 66.4 cm³/mol. The fraction of sp³-hybridized carbons (Fsp3) is 0.818. The van der Waals surface area contributed by atoms with E-state index in [1.165, 1.54) is 7.11 Å². The summed E-state index contributed by atoms with van der Waals surface area (Å²) in [5, 5.41) is 2.71. The molecule has 0 saturated heterocycles. The van der Waals surface area contributed by atoms with Crippen LogP contribution in [0.3, 0.4) is 0 Å². The van der Waals surface area contributed by atoms with Crippen LogP contribution >= 0.6 is 15.9 Å². The number of carbonyl (C=O) groups excluding carboxylic acids is 2. The van der Waals surface area contributed by atoms with E-state index in [9.17, 15) is 9.59 Å². The van der Waals surface area contributed by atoms with Gasteiger partial charge < -0.3 is 10.1 Å². The lowest BCUT2D eigenvalue weighted by Crippen LogP contribution is -2.48. The van der Waals surface area contributed by atoms with Gasteiger partial charge >= 0.3 is 5.97 Å². The monoisotopic (exact) mass is 293 g/mol. The summed E-state index contributed by atoms with van der Waals surface area (Å²) < 4.78 is 4.68. The fourth-order valence-electron chi connectivity index (χ4n) is 1.23. The topological polar surface area (TPSA) is 55.4 Å². The molecule has 0 saturated carbocycles. The van der Waals surface area contributed by atoms with Gasteiger partial charge in [0.1, 0.15) is 6.04 Å². The second-order valence-electron chi connectivity index (χ2n) is 3.77. The molecule has 0 fully saturated rings. The number of rotatable bonds is 6. The van der Waals surface area contributed by atoms with Gasteiger partial charge in [0.25, 0.3) is 0 Å². The van der Waals surface area contributed by atoms with E-state index in [1.807, 2.05) is 20.8 Å². The lowest BCUT2D eigenvalue weighted by Gasteiger charge is -2.22. The summed E-state index contributed by atoms with van der Waals surface area (Å²) in [5.74, 6) is -0.496. The van der Waals surface area contributed by atoms with Crippen molar-refractivity contribution in [2.75, 3.05) is 7.11 Å². The third kappa shape index (κ3) is 4.51. The van der Waals surface area contributed by atoms with E-state index in [4.69, 9.17) is 0 Å². The summed E-state index contributed by atoms with van der Waals surface area (Å²) in [6.07, 6.45) is 1.49. The average Bonchev–Trinajstić information content (AvgIpc) is 2.32. The molecule has 94 valence electrons. The molecule has 5 heteroatoms. The van der Waals surface area contributed by atoms with Crippen molar-refractivity contribution in [3.8, 4) is 0 Å². The Morgan fingerprint density at radius 1 is 1.31 bits per heavy atom. The summed E-state index contributed by atoms with van der Waals surface area (Å²) in [7, 11) is 1.33. The summed E-state index contributed by atoms with van der Waals surface area (Å²) in [4.78, 5) is 22.9. The van der Waals surface area contributed by atoms with E-state index in [2.05, 4.69) is 26.0 Å². The second kappa shape index (κ2) is 7.65. The number of hydrogen-bond donors (Lipinski definition) is 1. The molecule has 1 N–H and O–H groups in total. The molecule has 0 aliphatic rings. The zero-order chi connectivity index (χ0) is 12.7. The minimum atomic E-state index is -0.561. The Hall–Kier alpha value is -0.580. The van der Waals surface area contributed by atoms with Crippen molar-refractivity contribution in [3.05, 3.63) is 0 Å². The first kappa shape index (κ1) is 15.4. The van der Waals surface area contributed by atoms with Crippen molar-refractivity contribution in [2.45, 2.75) is 44.5 Å². The van der Waals surface area contributed by atoms with Crippen LogP contribution in [-0.2, 0) is 14.3 Å². The number of carbonyl (C=O) groups is 2. The highest BCUT2D eigenvalue weighted by atomic mass is 79.9. The smallest absolute Gasteiger partial charge is 0.328 e. The van der Waals surface area contributed by atoms with Gasteiger partial charge in [0, 0.05) is 0 Å². The summed E-state index contributed by atoms with van der Waals surface area (Å²) in [6.45, 7) is 5.78. The molecule has 0 aliphatic carbocycles. The zero-order valence-electron chi connectivity index (χ0n) is 10.2. The van der Waals surface area contributed by atoms with Crippen LogP contribution < -0.4 is 5.32 Å². The number of ether oxygens (including phenoxy) is 1. The van der Waals surface area contributed by atoms with Crippen LogP contribution in [0.2, 0.25) is 0 Å². The van der Waals surface area contributed by atoms with Gasteiger partial charge in [-0.2, -0.15) is 0 Å². The van der Waals surface area contributed by atoms with E-state index in [0.717, 1.165) is 6.42 Å². The molecule has 0 aromatic rings. The molecule has 4 nitrogen and oxygen atoms in total. The van der Waals surface area contributed by atoms with Crippen molar-refractivity contribution in [1.29, 1.82) is 0 Å². The molecular weight excluding hydrogens is 274 g/mol. The largest absolute Gasteiger partial charge is 0.467 e. The molecule has 3 unspecified atom stereocenters. The number of hydrogen-bond acceptors (Lipinski definition) is 3. The Labute approximate surface area is 105 Å². The lowest BCUT2D eigenvalue weighted by atomic mass is 9.99. The standard InChI is InChI=1S/C11H20BrNO3/c1-5-7(3)9(11(15)16-4)13-10(14)8(12)6-2/h7-9H,5-6H2,1-4H3,(H,13,14). The highest BCUT2D eigenvalue weighted by Crippen LogP contribution is 2.11. The minimum absolute atomic E-state index is 0.0629. The second-order valence-corrected chi connectivity index (χ2v) is 4.88. The van der Waals surface area contributed by atoms with Crippen LogP contribution in [0, 0.1) is 5.92 Å². The summed E-state index contributed by atoms with van der Waals surface area (Å²) in [5.41, 5.74) is 0. The number of amides is 1. The van der Waals surface area contributed by atoms with Crippen molar-refractivity contribution >= 4 is 27.8 Å². The van der Waals surface area contributed by atoms with E-state index < -0.39 is 12.0 Å². The molecule has 0 bridgehead atoms. The fourth-order valence-corrected chi connectivity index (χ4v) is 1.36. The highest BCUT2D eigenvalue weighted by Gasteiger charge is 2.28. The Morgan fingerprint density at radius 2 is 1.88 bits per heavy atom. The predicted octanol–water partition coefficient (Wildman–Crippen LogP) is 1.86. The number of halogens is 1. The van der Waals surface area contributed by atoms with Crippen molar-refractivity contribution in [2.24, 2.45) is 5.92 Å². The van der Waals surface area contributed by atoms with Crippen LogP contribution in [0.5, 0.6) is 0 Å². The first-order valence-corrected chi connectivity index (χ1v) is 6.41. The number of methoxy groups -OCH3 is 1. The Morgan fingerprint density at radius 3 is 2.25 bits per heavy atom. The minimum Gasteiger partial charge on any atom is -0.467 e. The van der Waals surface area contributed by atoms with Crippen LogP contribution in [0.25, 0.3) is 0 Å². The van der Waals surface area contributed by atoms with Gasteiger partial charge in [-0.3, -0.25) is 4.79 Å². The van der Waals surface area contributed by atoms with E-state index in [1.54, 1.807) is 0 Å². The van der Waals surface area contributed by atoms with Gasteiger partial charge in [0.2, 0.25) is 5.91 Å². The molecule has 0 spiro atoms. The molecule has 0 rings (SSSR count). The third-order valence-corrected chi connectivity index (χ3v) is 3.67. The van der Waals surface area contributed by atoms with Crippen molar-refractivity contribution < 1.29 is 14.3 Å². The number of esters is 1.